The van der Waals surface area contributed by atoms with E-state index in [9.17, 15) is 8.42 Å². The molecule has 3 aromatic rings. The smallest absolute Gasteiger partial charge is 0.217 e. The maximum Gasteiger partial charge on any atom is 0.217 e. The molecule has 2 aromatic carbocycles. The van der Waals surface area contributed by atoms with Crippen molar-refractivity contribution in [3.8, 4) is 0 Å². The van der Waals surface area contributed by atoms with E-state index >= 15 is 0 Å². The van der Waals surface area contributed by atoms with Gasteiger partial charge in [0.05, 0.1) is 17.8 Å². The number of pyridine rings is 1. The van der Waals surface area contributed by atoms with Crippen LogP contribution in [0.5, 0.6) is 0 Å². The van der Waals surface area contributed by atoms with Crippen molar-refractivity contribution in [2.45, 2.75) is 17.8 Å². The predicted octanol–water partition coefficient (Wildman–Crippen LogP) is 2.94. The van der Waals surface area contributed by atoms with Crippen molar-refractivity contribution >= 4 is 10.0 Å². The number of nitrogens with two attached hydrogens (primary N) is 1. The van der Waals surface area contributed by atoms with Crippen LogP contribution in [0, 0.1) is 0 Å². The second-order valence-corrected chi connectivity index (χ2v) is 7.78. The van der Waals surface area contributed by atoms with Gasteiger partial charge in [-0.2, -0.15) is 0 Å². The summed E-state index contributed by atoms with van der Waals surface area (Å²) < 4.78 is 28.2. The molecule has 5 nitrogen and oxygen atoms in total. The van der Waals surface area contributed by atoms with Gasteiger partial charge >= 0.3 is 0 Å². The Morgan fingerprint density at radius 3 is 2.00 bits per heavy atom. The summed E-state index contributed by atoms with van der Waals surface area (Å²) in [6.45, 7) is 0. The van der Waals surface area contributed by atoms with Crippen LogP contribution in [0.4, 0.5) is 0 Å². The molecular weight excluding hydrogens is 346 g/mol. The molecule has 2 unspecified atom stereocenters. The maximum absolute atomic E-state index is 12.7. The second-order valence-electron chi connectivity index (χ2n) is 6.02. The Hall–Kier alpha value is -2.54. The van der Waals surface area contributed by atoms with Crippen molar-refractivity contribution in [3.05, 3.63) is 102 Å². The molecule has 0 saturated heterocycles. The molecule has 6 heteroatoms. The molecule has 0 spiro atoms. The predicted molar refractivity (Wildman–Crippen MR) is 103 cm³/mol. The summed E-state index contributed by atoms with van der Waals surface area (Å²) in [6, 6.07) is 23.0. The number of nitrogens with one attached hydrogen (secondary N) is 1. The maximum atomic E-state index is 12.7. The minimum Gasteiger partial charge on any atom is -0.322 e. The molecule has 0 amide bonds. The lowest BCUT2D eigenvalue weighted by atomic mass is 9.95. The highest BCUT2D eigenvalue weighted by molar-refractivity contribution is 7.88. The van der Waals surface area contributed by atoms with Crippen LogP contribution in [0.15, 0.2) is 85.1 Å². The Balaban J connectivity index is 1.89. The van der Waals surface area contributed by atoms with E-state index in [1.807, 2.05) is 60.7 Å². The van der Waals surface area contributed by atoms with E-state index in [0.29, 0.717) is 5.69 Å². The van der Waals surface area contributed by atoms with E-state index in [2.05, 4.69) is 9.71 Å². The highest BCUT2D eigenvalue weighted by Gasteiger charge is 2.26. The lowest BCUT2D eigenvalue weighted by Crippen LogP contribution is -2.36. The Kier molecular flexibility index (Phi) is 5.78. The first-order valence-electron chi connectivity index (χ1n) is 8.30. The summed E-state index contributed by atoms with van der Waals surface area (Å²) in [5, 5.41) is 0. The molecule has 134 valence electrons. The summed E-state index contributed by atoms with van der Waals surface area (Å²) in [5.41, 5.74) is 8.59. The fourth-order valence-electron chi connectivity index (χ4n) is 2.79. The highest BCUT2D eigenvalue weighted by atomic mass is 32.2. The monoisotopic (exact) mass is 367 g/mol. The van der Waals surface area contributed by atoms with Gasteiger partial charge in [-0.1, -0.05) is 66.7 Å². The molecule has 3 rings (SSSR count). The first-order chi connectivity index (χ1) is 12.6. The Morgan fingerprint density at radius 1 is 0.846 bits per heavy atom. The number of aromatic nitrogens is 1. The van der Waals surface area contributed by atoms with E-state index < -0.39 is 22.1 Å². The lowest BCUT2D eigenvalue weighted by Gasteiger charge is -2.26. The summed E-state index contributed by atoms with van der Waals surface area (Å²) >= 11 is 0. The van der Waals surface area contributed by atoms with Gasteiger partial charge in [0.1, 0.15) is 5.75 Å². The van der Waals surface area contributed by atoms with Gasteiger partial charge < -0.3 is 5.73 Å². The topological polar surface area (TPSA) is 85.1 Å². The fraction of sp³-hybridized carbons (Fsp3) is 0.150. The molecule has 1 heterocycles. The van der Waals surface area contributed by atoms with Crippen LogP contribution in [0.2, 0.25) is 0 Å². The summed E-state index contributed by atoms with van der Waals surface area (Å²) in [5.74, 6) is -0.196. The van der Waals surface area contributed by atoms with Crippen LogP contribution in [0.3, 0.4) is 0 Å². The van der Waals surface area contributed by atoms with Gasteiger partial charge in [-0.25, -0.2) is 13.1 Å². The molecule has 3 N–H and O–H groups in total. The zero-order valence-electron chi connectivity index (χ0n) is 14.2. The second kappa shape index (κ2) is 8.23. The Morgan fingerprint density at radius 2 is 1.42 bits per heavy atom. The molecular formula is C20H21N3O2S. The van der Waals surface area contributed by atoms with Gasteiger partial charge in [-0.05, 0) is 23.3 Å². The number of benzene rings is 2. The van der Waals surface area contributed by atoms with Crippen molar-refractivity contribution in [1.29, 1.82) is 0 Å². The molecule has 0 saturated carbocycles. The van der Waals surface area contributed by atoms with Crippen LogP contribution >= 0.6 is 0 Å². The van der Waals surface area contributed by atoms with Gasteiger partial charge in [0.15, 0.2) is 0 Å². The average Bonchev–Trinajstić information content (AvgIpc) is 2.67. The summed E-state index contributed by atoms with van der Waals surface area (Å²) in [7, 11) is -3.63. The average molecular weight is 367 g/mol. The van der Waals surface area contributed by atoms with E-state index in [-0.39, 0.29) is 5.75 Å². The van der Waals surface area contributed by atoms with Gasteiger partial charge in [-0.3, -0.25) is 4.98 Å². The molecule has 0 bridgehead atoms. The number of rotatable bonds is 7. The van der Waals surface area contributed by atoms with Crippen molar-refractivity contribution in [3.63, 3.8) is 0 Å². The largest absolute Gasteiger partial charge is 0.322 e. The molecule has 26 heavy (non-hydrogen) atoms. The normalized spacial score (nSPS) is 13.9. The third kappa shape index (κ3) is 4.76. The minimum atomic E-state index is -3.63. The number of sulfonamides is 1. The molecule has 0 aliphatic carbocycles. The van der Waals surface area contributed by atoms with E-state index in [1.54, 1.807) is 24.4 Å². The number of nitrogens with zero attached hydrogens (tertiary/aromatic N) is 1. The van der Waals surface area contributed by atoms with Crippen LogP contribution < -0.4 is 10.5 Å². The zero-order chi connectivity index (χ0) is 18.4. The molecule has 0 aliphatic heterocycles. The molecule has 0 radical (unpaired) electrons. The Bertz CT molecular complexity index is 917. The number of hydrogen-bond donors (Lipinski definition) is 2. The first kappa shape index (κ1) is 18.3. The quantitative estimate of drug-likeness (QED) is 0.672. The molecule has 2 atom stereocenters. The summed E-state index contributed by atoms with van der Waals surface area (Å²) in [4.78, 5) is 4.10. The zero-order valence-corrected chi connectivity index (χ0v) is 15.0. The van der Waals surface area contributed by atoms with Gasteiger partial charge in [-0.15, -0.1) is 0 Å². The van der Waals surface area contributed by atoms with E-state index in [1.165, 1.54) is 0 Å². The third-order valence-corrected chi connectivity index (χ3v) is 5.36. The third-order valence-electron chi connectivity index (χ3n) is 4.07. The summed E-state index contributed by atoms with van der Waals surface area (Å²) in [6.07, 6.45) is 1.58. The standard InChI is InChI=1S/C20H21N3O2S/c21-19(16-9-3-1-4-10-16)20(17-11-5-2-6-12-17)23-26(24,25)15-18-13-7-8-14-22-18/h1-14,19-20,23H,15,21H2. The van der Waals surface area contributed by atoms with E-state index in [0.717, 1.165) is 11.1 Å². The minimum absolute atomic E-state index is 0.196. The van der Waals surface area contributed by atoms with Crippen molar-refractivity contribution in [2.75, 3.05) is 0 Å². The lowest BCUT2D eigenvalue weighted by molar-refractivity contribution is 0.503. The molecule has 1 aromatic heterocycles. The van der Waals surface area contributed by atoms with Crippen LogP contribution in [0.1, 0.15) is 28.9 Å². The fourth-order valence-corrected chi connectivity index (χ4v) is 4.10. The highest BCUT2D eigenvalue weighted by Crippen LogP contribution is 2.27. The van der Waals surface area contributed by atoms with Gasteiger partial charge in [0.25, 0.3) is 0 Å². The molecule has 0 aliphatic rings. The first-order valence-corrected chi connectivity index (χ1v) is 9.96. The van der Waals surface area contributed by atoms with Gasteiger partial charge in [0.2, 0.25) is 10.0 Å². The van der Waals surface area contributed by atoms with Crippen LogP contribution in [0.25, 0.3) is 0 Å². The van der Waals surface area contributed by atoms with Crippen molar-refractivity contribution in [2.24, 2.45) is 5.73 Å². The van der Waals surface area contributed by atoms with Gasteiger partial charge in [0, 0.05) is 6.20 Å². The number of hydrogen-bond acceptors (Lipinski definition) is 4. The van der Waals surface area contributed by atoms with Crippen molar-refractivity contribution in [1.82, 2.24) is 9.71 Å². The Labute approximate surface area is 154 Å². The SMILES string of the molecule is NC(c1ccccc1)C(NS(=O)(=O)Cc1ccccn1)c1ccccc1. The van der Waals surface area contributed by atoms with Crippen LogP contribution in [-0.4, -0.2) is 13.4 Å². The molecule has 0 fully saturated rings. The van der Waals surface area contributed by atoms with E-state index in [4.69, 9.17) is 5.73 Å². The van der Waals surface area contributed by atoms with Crippen LogP contribution in [-0.2, 0) is 15.8 Å². The van der Waals surface area contributed by atoms with Crippen molar-refractivity contribution < 1.29 is 8.42 Å².